The van der Waals surface area contributed by atoms with Crippen LogP contribution in [0, 0.1) is 0 Å². The number of carbonyl (C=O) groups is 1. The van der Waals surface area contributed by atoms with Gasteiger partial charge in [0.05, 0.1) is 18.8 Å². The van der Waals surface area contributed by atoms with Crippen molar-refractivity contribution < 1.29 is 22.7 Å². The zero-order chi connectivity index (χ0) is 17.3. The van der Waals surface area contributed by atoms with Crippen molar-refractivity contribution in [3.05, 3.63) is 23.9 Å². The minimum Gasteiger partial charge on any atom is -0.375 e. The van der Waals surface area contributed by atoms with Crippen LogP contribution in [-0.2, 0) is 10.9 Å². The van der Waals surface area contributed by atoms with Crippen LogP contribution >= 0.6 is 0 Å². The first-order valence-corrected chi connectivity index (χ1v) is 7.76. The highest BCUT2D eigenvalue weighted by atomic mass is 19.4. The van der Waals surface area contributed by atoms with Crippen LogP contribution in [0.1, 0.15) is 12.1 Å². The standard InChI is InChI=1S/C15H19F3N4O2/c1-21-7-8-24-11-5-6-22(9-10(11)21)14(23)20-13-4-2-3-12(19-13)15(16,17)18/h2-4,10-11H,5-9H2,1H3,(H,19,20,23)/t10-,11+/m1/s1. The van der Waals surface area contributed by atoms with Crippen LogP contribution in [0.25, 0.3) is 0 Å². The molecule has 2 aliphatic rings. The molecule has 2 amide bonds. The predicted molar refractivity (Wildman–Crippen MR) is 80.6 cm³/mol. The number of morpholine rings is 1. The smallest absolute Gasteiger partial charge is 0.375 e. The van der Waals surface area contributed by atoms with Crippen LogP contribution < -0.4 is 5.32 Å². The Morgan fingerprint density at radius 3 is 2.92 bits per heavy atom. The number of nitrogens with one attached hydrogen (secondary N) is 1. The molecule has 1 aromatic rings. The third-order valence-electron chi connectivity index (χ3n) is 4.42. The van der Waals surface area contributed by atoms with Gasteiger partial charge < -0.3 is 9.64 Å². The largest absolute Gasteiger partial charge is 0.433 e. The number of pyridine rings is 1. The Labute approximate surface area is 137 Å². The number of likely N-dealkylation sites (N-methyl/N-ethyl adjacent to an activating group) is 1. The van der Waals surface area contributed by atoms with E-state index in [9.17, 15) is 18.0 Å². The maximum absolute atomic E-state index is 12.7. The first-order valence-electron chi connectivity index (χ1n) is 7.76. The molecule has 3 heterocycles. The normalized spacial score (nSPS) is 25.2. The van der Waals surface area contributed by atoms with Crippen molar-refractivity contribution in [3.8, 4) is 0 Å². The summed E-state index contributed by atoms with van der Waals surface area (Å²) in [4.78, 5) is 19.5. The summed E-state index contributed by atoms with van der Waals surface area (Å²) in [5, 5.41) is 2.45. The SMILES string of the molecule is CN1CCO[C@H]2CCN(C(=O)Nc3cccc(C(F)(F)F)n3)C[C@H]21. The molecule has 1 N–H and O–H groups in total. The number of aromatic nitrogens is 1. The van der Waals surface area contributed by atoms with Gasteiger partial charge in [-0.3, -0.25) is 10.2 Å². The third-order valence-corrected chi connectivity index (χ3v) is 4.42. The molecule has 6 nitrogen and oxygen atoms in total. The van der Waals surface area contributed by atoms with Crippen LogP contribution in [0.2, 0.25) is 0 Å². The number of rotatable bonds is 1. The molecular weight excluding hydrogens is 325 g/mol. The highest BCUT2D eigenvalue weighted by Crippen LogP contribution is 2.28. The maximum atomic E-state index is 12.7. The van der Waals surface area contributed by atoms with E-state index >= 15 is 0 Å². The van der Waals surface area contributed by atoms with Gasteiger partial charge in [0.15, 0.2) is 0 Å². The van der Waals surface area contributed by atoms with Gasteiger partial charge in [-0.2, -0.15) is 13.2 Å². The fourth-order valence-corrected chi connectivity index (χ4v) is 3.08. The van der Waals surface area contributed by atoms with Crippen LogP contribution in [0.4, 0.5) is 23.8 Å². The van der Waals surface area contributed by atoms with E-state index in [2.05, 4.69) is 15.2 Å². The van der Waals surface area contributed by atoms with Gasteiger partial charge in [-0.25, -0.2) is 9.78 Å². The van der Waals surface area contributed by atoms with Crippen molar-refractivity contribution in [1.29, 1.82) is 0 Å². The Morgan fingerprint density at radius 2 is 2.17 bits per heavy atom. The number of nitrogens with zero attached hydrogens (tertiary/aromatic N) is 3. The topological polar surface area (TPSA) is 57.7 Å². The van der Waals surface area contributed by atoms with Crippen LogP contribution in [0.5, 0.6) is 0 Å². The Kier molecular flexibility index (Phi) is 4.64. The maximum Gasteiger partial charge on any atom is 0.433 e. The number of alkyl halides is 3. The van der Waals surface area contributed by atoms with Crippen molar-refractivity contribution in [2.24, 2.45) is 0 Å². The summed E-state index contributed by atoms with van der Waals surface area (Å²) in [5.41, 5.74) is -1.03. The average molecular weight is 344 g/mol. The molecule has 2 aliphatic heterocycles. The molecule has 0 unspecified atom stereocenters. The summed E-state index contributed by atoms with van der Waals surface area (Å²) >= 11 is 0. The van der Waals surface area contributed by atoms with Gasteiger partial charge >= 0.3 is 12.2 Å². The minimum absolute atomic E-state index is 0.0967. The highest BCUT2D eigenvalue weighted by Gasteiger charge is 2.37. The predicted octanol–water partition coefficient (Wildman–Crippen LogP) is 2.04. The molecule has 0 bridgehead atoms. The zero-order valence-electron chi connectivity index (χ0n) is 13.2. The van der Waals surface area contributed by atoms with E-state index in [-0.39, 0.29) is 18.0 Å². The van der Waals surface area contributed by atoms with E-state index in [1.54, 1.807) is 4.90 Å². The lowest BCUT2D eigenvalue weighted by atomic mass is 9.99. The van der Waals surface area contributed by atoms with E-state index < -0.39 is 17.9 Å². The summed E-state index contributed by atoms with van der Waals surface area (Å²) < 4.78 is 43.8. The Bertz CT molecular complexity index is 611. The summed E-state index contributed by atoms with van der Waals surface area (Å²) in [7, 11) is 1.98. The number of amides is 2. The van der Waals surface area contributed by atoms with E-state index in [1.807, 2.05) is 7.05 Å². The first-order chi connectivity index (χ1) is 11.3. The fourth-order valence-electron chi connectivity index (χ4n) is 3.08. The number of fused-ring (bicyclic) bond motifs is 1. The van der Waals surface area contributed by atoms with E-state index in [0.29, 0.717) is 26.1 Å². The number of urea groups is 1. The molecule has 0 aliphatic carbocycles. The molecule has 9 heteroatoms. The van der Waals surface area contributed by atoms with E-state index in [4.69, 9.17) is 4.74 Å². The quantitative estimate of drug-likeness (QED) is 0.847. The number of carbonyl (C=O) groups excluding carboxylic acids is 1. The first kappa shape index (κ1) is 17.0. The van der Waals surface area contributed by atoms with E-state index in [1.165, 1.54) is 12.1 Å². The van der Waals surface area contributed by atoms with Gasteiger partial charge in [0.1, 0.15) is 11.5 Å². The Morgan fingerprint density at radius 1 is 1.38 bits per heavy atom. The highest BCUT2D eigenvalue weighted by molar-refractivity contribution is 5.88. The van der Waals surface area contributed by atoms with Crippen molar-refractivity contribution in [1.82, 2.24) is 14.8 Å². The lowest BCUT2D eigenvalue weighted by Gasteiger charge is -2.45. The second-order valence-electron chi connectivity index (χ2n) is 6.03. The molecule has 1 aromatic heterocycles. The fraction of sp³-hybridized carbons (Fsp3) is 0.600. The van der Waals surface area contributed by atoms with Crippen molar-refractivity contribution in [2.75, 3.05) is 38.6 Å². The summed E-state index contributed by atoms with van der Waals surface area (Å²) in [5.74, 6) is -0.106. The number of likely N-dealkylation sites (tertiary alicyclic amines) is 1. The number of piperidine rings is 1. The second kappa shape index (κ2) is 6.56. The number of anilines is 1. The van der Waals surface area contributed by atoms with Gasteiger partial charge in [-0.05, 0) is 25.6 Å². The number of hydrogen-bond acceptors (Lipinski definition) is 4. The summed E-state index contributed by atoms with van der Waals surface area (Å²) in [6, 6.07) is 3.10. The molecule has 132 valence electrons. The lowest BCUT2D eigenvalue weighted by molar-refractivity contribution is -0.141. The zero-order valence-corrected chi connectivity index (χ0v) is 13.2. The van der Waals surface area contributed by atoms with Gasteiger partial charge in [-0.15, -0.1) is 0 Å². The van der Waals surface area contributed by atoms with Gasteiger partial charge in [0, 0.05) is 19.6 Å². The van der Waals surface area contributed by atoms with Gasteiger partial charge in [0.25, 0.3) is 0 Å². The average Bonchev–Trinajstić information content (AvgIpc) is 2.54. The van der Waals surface area contributed by atoms with Crippen LogP contribution in [-0.4, -0.2) is 66.2 Å². The molecule has 24 heavy (non-hydrogen) atoms. The molecule has 0 aromatic carbocycles. The molecule has 3 rings (SSSR count). The number of halogens is 3. The van der Waals surface area contributed by atoms with Crippen molar-refractivity contribution >= 4 is 11.8 Å². The van der Waals surface area contributed by atoms with Crippen molar-refractivity contribution in [3.63, 3.8) is 0 Å². The molecule has 0 saturated carbocycles. The Balaban J connectivity index is 1.65. The molecule has 2 fully saturated rings. The number of ether oxygens (including phenoxy) is 1. The minimum atomic E-state index is -4.54. The summed E-state index contributed by atoms with van der Waals surface area (Å²) in [6.45, 7) is 2.45. The van der Waals surface area contributed by atoms with Gasteiger partial charge in [-0.1, -0.05) is 6.07 Å². The molecule has 0 spiro atoms. The van der Waals surface area contributed by atoms with Gasteiger partial charge in [0.2, 0.25) is 0 Å². The lowest BCUT2D eigenvalue weighted by Crippen LogP contribution is -2.60. The van der Waals surface area contributed by atoms with Crippen LogP contribution in [0.15, 0.2) is 18.2 Å². The molecule has 2 atom stereocenters. The van der Waals surface area contributed by atoms with Crippen LogP contribution in [0.3, 0.4) is 0 Å². The second-order valence-corrected chi connectivity index (χ2v) is 6.03. The van der Waals surface area contributed by atoms with E-state index in [0.717, 1.165) is 12.6 Å². The molecular formula is C15H19F3N4O2. The number of hydrogen-bond donors (Lipinski definition) is 1. The van der Waals surface area contributed by atoms with Crippen molar-refractivity contribution in [2.45, 2.75) is 24.7 Å². The Hall–Kier alpha value is -1.87. The molecule has 2 saturated heterocycles. The monoisotopic (exact) mass is 344 g/mol. The third kappa shape index (κ3) is 3.62. The summed E-state index contributed by atoms with van der Waals surface area (Å²) in [6.07, 6.45) is -3.74. The molecule has 0 radical (unpaired) electrons.